The molecular weight excluding hydrogens is 338 g/mol. The number of aromatic nitrogens is 1. The van der Waals surface area contributed by atoms with Gasteiger partial charge in [0, 0.05) is 18.6 Å². The normalized spacial score (nSPS) is 11.0. The molecule has 0 atom stereocenters. The first-order chi connectivity index (χ1) is 13.9. The molecule has 0 saturated heterocycles. The van der Waals surface area contributed by atoms with Gasteiger partial charge in [-0.3, -0.25) is 0 Å². The standard InChI is InChI=1S/C27H42N/c1-2-3-4-5-6-7-8-9-10-11-13-19-27-21-24-28(25-22-27)23-16-20-26-17-14-12-15-18-26/h12,14-15,17-18,21-22,24-25H,2-11,13,16,19-20,23H2,1H3/q+1. The monoisotopic (exact) mass is 380 g/mol. The van der Waals surface area contributed by atoms with Gasteiger partial charge < -0.3 is 0 Å². The molecule has 1 heterocycles. The van der Waals surface area contributed by atoms with Crippen molar-refractivity contribution < 1.29 is 4.57 Å². The molecule has 0 bridgehead atoms. The highest BCUT2D eigenvalue weighted by Crippen LogP contribution is 2.12. The molecule has 154 valence electrons. The van der Waals surface area contributed by atoms with Crippen LogP contribution in [0.25, 0.3) is 0 Å². The van der Waals surface area contributed by atoms with E-state index in [2.05, 4.69) is 66.3 Å². The largest absolute Gasteiger partial charge is 0.205 e. The fraction of sp³-hybridized carbons (Fsp3) is 0.593. The third-order valence-corrected chi connectivity index (χ3v) is 5.75. The number of hydrogen-bond acceptors (Lipinski definition) is 0. The van der Waals surface area contributed by atoms with Gasteiger partial charge in [0.1, 0.15) is 6.54 Å². The van der Waals surface area contributed by atoms with Gasteiger partial charge in [0.2, 0.25) is 0 Å². The molecule has 2 aromatic rings. The summed E-state index contributed by atoms with van der Waals surface area (Å²) in [7, 11) is 0. The summed E-state index contributed by atoms with van der Waals surface area (Å²) >= 11 is 0. The Balaban J connectivity index is 1.46. The van der Waals surface area contributed by atoms with Gasteiger partial charge in [-0.25, -0.2) is 4.57 Å². The molecule has 0 saturated carbocycles. The molecule has 0 aliphatic heterocycles. The Kier molecular flexibility index (Phi) is 12.4. The lowest BCUT2D eigenvalue weighted by molar-refractivity contribution is -0.697. The summed E-state index contributed by atoms with van der Waals surface area (Å²) in [5.74, 6) is 0. The van der Waals surface area contributed by atoms with E-state index in [9.17, 15) is 0 Å². The van der Waals surface area contributed by atoms with Gasteiger partial charge >= 0.3 is 0 Å². The van der Waals surface area contributed by atoms with E-state index < -0.39 is 0 Å². The van der Waals surface area contributed by atoms with Crippen molar-refractivity contribution in [2.75, 3.05) is 0 Å². The number of unbranched alkanes of at least 4 members (excludes halogenated alkanes) is 10. The van der Waals surface area contributed by atoms with Crippen molar-refractivity contribution in [1.82, 2.24) is 0 Å². The Hall–Kier alpha value is -1.63. The second kappa shape index (κ2) is 15.3. The highest BCUT2D eigenvalue weighted by Gasteiger charge is 2.02. The predicted octanol–water partition coefficient (Wildman–Crippen LogP) is 7.46. The molecule has 0 fully saturated rings. The molecule has 1 heteroatoms. The first-order valence-corrected chi connectivity index (χ1v) is 11.9. The number of aryl methyl sites for hydroxylation is 3. The molecule has 0 N–H and O–H groups in total. The molecule has 1 aromatic heterocycles. The minimum atomic E-state index is 1.10. The van der Waals surface area contributed by atoms with E-state index >= 15 is 0 Å². The fourth-order valence-corrected chi connectivity index (χ4v) is 3.91. The Morgan fingerprint density at radius 3 is 1.64 bits per heavy atom. The van der Waals surface area contributed by atoms with Crippen LogP contribution in [-0.4, -0.2) is 0 Å². The van der Waals surface area contributed by atoms with E-state index in [4.69, 9.17) is 0 Å². The lowest BCUT2D eigenvalue weighted by Gasteiger charge is -2.03. The quantitative estimate of drug-likeness (QED) is 0.210. The fourth-order valence-electron chi connectivity index (χ4n) is 3.91. The van der Waals surface area contributed by atoms with Gasteiger partial charge in [0.15, 0.2) is 12.4 Å². The summed E-state index contributed by atoms with van der Waals surface area (Å²) < 4.78 is 2.33. The molecule has 1 aromatic carbocycles. The van der Waals surface area contributed by atoms with Crippen LogP contribution in [0, 0.1) is 0 Å². The first-order valence-electron chi connectivity index (χ1n) is 11.9. The van der Waals surface area contributed by atoms with Crippen LogP contribution >= 0.6 is 0 Å². The Morgan fingerprint density at radius 2 is 1.04 bits per heavy atom. The first kappa shape index (κ1) is 22.7. The van der Waals surface area contributed by atoms with E-state index in [1.165, 1.54) is 94.6 Å². The minimum absolute atomic E-state index is 1.10. The Labute approximate surface area is 174 Å². The Morgan fingerprint density at radius 1 is 0.536 bits per heavy atom. The van der Waals surface area contributed by atoms with E-state index in [0.717, 1.165) is 13.0 Å². The molecule has 0 unspecified atom stereocenters. The van der Waals surface area contributed by atoms with Crippen LogP contribution in [0.1, 0.15) is 95.1 Å². The summed E-state index contributed by atoms with van der Waals surface area (Å²) in [6, 6.07) is 15.4. The lowest BCUT2D eigenvalue weighted by atomic mass is 10.0. The Bertz CT molecular complexity index is 587. The van der Waals surface area contributed by atoms with E-state index in [1.54, 1.807) is 0 Å². The molecule has 28 heavy (non-hydrogen) atoms. The molecule has 0 spiro atoms. The molecule has 0 aliphatic carbocycles. The number of pyridine rings is 1. The SMILES string of the molecule is CCCCCCCCCCCCCc1cc[n+](CCCc2ccccc2)cc1. The maximum absolute atomic E-state index is 2.33. The van der Waals surface area contributed by atoms with Crippen LogP contribution < -0.4 is 4.57 Å². The zero-order chi connectivity index (χ0) is 19.7. The van der Waals surface area contributed by atoms with Crippen LogP contribution in [0.3, 0.4) is 0 Å². The topological polar surface area (TPSA) is 3.88 Å². The van der Waals surface area contributed by atoms with Gasteiger partial charge in [0.25, 0.3) is 0 Å². The van der Waals surface area contributed by atoms with Crippen LogP contribution in [0.4, 0.5) is 0 Å². The lowest BCUT2D eigenvalue weighted by Crippen LogP contribution is -2.32. The minimum Gasteiger partial charge on any atom is -0.205 e. The van der Waals surface area contributed by atoms with Crippen molar-refractivity contribution in [2.45, 2.75) is 103 Å². The smallest absolute Gasteiger partial charge is 0.169 e. The van der Waals surface area contributed by atoms with Crippen LogP contribution in [0.15, 0.2) is 54.9 Å². The maximum atomic E-state index is 2.33. The van der Waals surface area contributed by atoms with Crippen LogP contribution in [0.5, 0.6) is 0 Å². The van der Waals surface area contributed by atoms with Gasteiger partial charge in [0.05, 0.1) is 0 Å². The summed E-state index contributed by atoms with van der Waals surface area (Å²) in [6.45, 7) is 3.40. The predicted molar refractivity (Wildman–Crippen MR) is 122 cm³/mol. The molecule has 1 nitrogen and oxygen atoms in total. The molecular formula is C27H42N+. The number of hydrogen-bond donors (Lipinski definition) is 0. The van der Waals surface area contributed by atoms with E-state index in [0.29, 0.717) is 0 Å². The molecule has 2 rings (SSSR count). The highest BCUT2D eigenvalue weighted by atomic mass is 14.9. The third-order valence-electron chi connectivity index (χ3n) is 5.75. The van der Waals surface area contributed by atoms with Crippen molar-refractivity contribution in [1.29, 1.82) is 0 Å². The van der Waals surface area contributed by atoms with Gasteiger partial charge in [-0.15, -0.1) is 0 Å². The summed E-state index contributed by atoms with van der Waals surface area (Å²) in [5, 5.41) is 0. The molecule has 0 aliphatic rings. The average Bonchev–Trinajstić information content (AvgIpc) is 2.74. The number of benzene rings is 1. The maximum Gasteiger partial charge on any atom is 0.169 e. The highest BCUT2D eigenvalue weighted by molar-refractivity contribution is 5.14. The summed E-state index contributed by atoms with van der Waals surface area (Å²) in [6.07, 6.45) is 23.7. The average molecular weight is 381 g/mol. The van der Waals surface area contributed by atoms with Crippen molar-refractivity contribution in [2.24, 2.45) is 0 Å². The second-order valence-electron chi connectivity index (χ2n) is 8.32. The number of rotatable bonds is 16. The van der Waals surface area contributed by atoms with Crippen LogP contribution in [-0.2, 0) is 19.4 Å². The van der Waals surface area contributed by atoms with Crippen molar-refractivity contribution in [3.05, 3.63) is 66.0 Å². The van der Waals surface area contributed by atoms with E-state index in [-0.39, 0.29) is 0 Å². The van der Waals surface area contributed by atoms with Crippen molar-refractivity contribution in [3.63, 3.8) is 0 Å². The number of nitrogens with zero attached hydrogens (tertiary/aromatic N) is 1. The van der Waals surface area contributed by atoms with Gasteiger partial charge in [-0.2, -0.15) is 0 Å². The van der Waals surface area contributed by atoms with Gasteiger partial charge in [-0.1, -0.05) is 101 Å². The molecule has 0 amide bonds. The second-order valence-corrected chi connectivity index (χ2v) is 8.32. The van der Waals surface area contributed by atoms with Crippen molar-refractivity contribution in [3.8, 4) is 0 Å². The molecule has 0 radical (unpaired) electrons. The summed E-state index contributed by atoms with van der Waals surface area (Å²) in [4.78, 5) is 0. The summed E-state index contributed by atoms with van der Waals surface area (Å²) in [5.41, 5.74) is 2.94. The zero-order valence-corrected chi connectivity index (χ0v) is 18.2. The third kappa shape index (κ3) is 10.6. The van der Waals surface area contributed by atoms with Crippen molar-refractivity contribution >= 4 is 0 Å². The van der Waals surface area contributed by atoms with Gasteiger partial charge in [-0.05, 0) is 30.4 Å². The van der Waals surface area contributed by atoms with E-state index in [1.807, 2.05) is 0 Å². The zero-order valence-electron chi connectivity index (χ0n) is 18.2. The van der Waals surface area contributed by atoms with Crippen LogP contribution in [0.2, 0.25) is 0 Å².